The molecule has 0 radical (unpaired) electrons. The molecule has 0 aromatic carbocycles. The monoisotopic (exact) mass is 308 g/mol. The third-order valence-electron chi connectivity index (χ3n) is 3.38. The highest BCUT2D eigenvalue weighted by Crippen LogP contribution is 2.22. The van der Waals surface area contributed by atoms with Crippen molar-refractivity contribution in [3.05, 3.63) is 54.1 Å². The number of anilines is 2. The molecule has 0 atom stereocenters. The summed E-state index contributed by atoms with van der Waals surface area (Å²) in [5.41, 5.74) is 2.13. The number of hydrogen-bond donors (Lipinski definition) is 1. The van der Waals surface area contributed by atoms with Crippen LogP contribution < -0.4 is 5.32 Å². The van der Waals surface area contributed by atoms with E-state index in [1.54, 1.807) is 6.20 Å². The van der Waals surface area contributed by atoms with E-state index >= 15 is 0 Å². The Bertz CT molecular complexity index is 675. The Balaban J connectivity index is 2.41. The van der Waals surface area contributed by atoms with Crippen molar-refractivity contribution in [3.8, 4) is 0 Å². The SMILES string of the molecule is CC/C=C/c1cnc(/C(=C/CC)CC)nc1Nc1ccccn1. The first-order valence-corrected chi connectivity index (χ1v) is 8.19. The van der Waals surface area contributed by atoms with E-state index in [0.29, 0.717) is 0 Å². The molecular formula is C19H24N4. The van der Waals surface area contributed by atoms with Crippen molar-refractivity contribution in [2.24, 2.45) is 0 Å². The van der Waals surface area contributed by atoms with Crippen molar-refractivity contribution in [1.82, 2.24) is 15.0 Å². The van der Waals surface area contributed by atoms with E-state index in [1.165, 1.54) is 5.57 Å². The maximum Gasteiger partial charge on any atom is 0.157 e. The topological polar surface area (TPSA) is 50.7 Å². The second-order valence-electron chi connectivity index (χ2n) is 5.14. The van der Waals surface area contributed by atoms with Gasteiger partial charge in [0.1, 0.15) is 11.6 Å². The molecule has 0 saturated heterocycles. The highest BCUT2D eigenvalue weighted by molar-refractivity contribution is 5.69. The average molecular weight is 308 g/mol. The summed E-state index contributed by atoms with van der Waals surface area (Å²) in [4.78, 5) is 13.6. The van der Waals surface area contributed by atoms with Crippen LogP contribution in [0.1, 0.15) is 51.4 Å². The predicted octanol–water partition coefficient (Wildman–Crippen LogP) is 5.24. The van der Waals surface area contributed by atoms with Crippen LogP contribution in [0.3, 0.4) is 0 Å². The Labute approximate surface area is 138 Å². The maximum atomic E-state index is 4.73. The molecular weight excluding hydrogens is 284 g/mol. The second kappa shape index (κ2) is 8.83. The zero-order valence-electron chi connectivity index (χ0n) is 14.1. The van der Waals surface area contributed by atoms with Crippen molar-refractivity contribution < 1.29 is 0 Å². The summed E-state index contributed by atoms with van der Waals surface area (Å²) in [6.45, 7) is 6.36. The van der Waals surface area contributed by atoms with Crippen molar-refractivity contribution in [2.45, 2.75) is 40.0 Å². The number of aromatic nitrogens is 3. The Kier molecular flexibility index (Phi) is 6.48. The van der Waals surface area contributed by atoms with Gasteiger partial charge in [-0.25, -0.2) is 15.0 Å². The molecule has 0 amide bonds. The molecule has 2 aromatic heterocycles. The summed E-state index contributed by atoms with van der Waals surface area (Å²) >= 11 is 0. The van der Waals surface area contributed by atoms with E-state index in [4.69, 9.17) is 4.98 Å². The molecule has 2 rings (SSSR count). The molecule has 0 fully saturated rings. The van der Waals surface area contributed by atoms with E-state index < -0.39 is 0 Å². The molecule has 2 aromatic rings. The highest BCUT2D eigenvalue weighted by atomic mass is 15.1. The Morgan fingerprint density at radius 2 is 2.00 bits per heavy atom. The lowest BCUT2D eigenvalue weighted by molar-refractivity contribution is 1.06. The van der Waals surface area contributed by atoms with Gasteiger partial charge in [0.2, 0.25) is 0 Å². The Hall–Kier alpha value is -2.49. The molecule has 0 unspecified atom stereocenters. The second-order valence-corrected chi connectivity index (χ2v) is 5.14. The van der Waals surface area contributed by atoms with Crippen LogP contribution >= 0.6 is 0 Å². The van der Waals surface area contributed by atoms with Crippen LogP contribution in [0, 0.1) is 0 Å². The molecule has 23 heavy (non-hydrogen) atoms. The smallest absolute Gasteiger partial charge is 0.157 e. The van der Waals surface area contributed by atoms with Crippen molar-refractivity contribution in [3.63, 3.8) is 0 Å². The molecule has 0 aliphatic heterocycles. The van der Waals surface area contributed by atoms with E-state index in [2.05, 4.69) is 48.2 Å². The van der Waals surface area contributed by atoms with Gasteiger partial charge in [0.25, 0.3) is 0 Å². The van der Waals surface area contributed by atoms with Gasteiger partial charge in [-0.15, -0.1) is 0 Å². The maximum absolute atomic E-state index is 4.73. The minimum absolute atomic E-state index is 0.779. The molecule has 0 bridgehead atoms. The minimum atomic E-state index is 0.779. The standard InChI is InChI=1S/C19H24N4/c1-4-7-11-16-14-21-18(15(6-3)10-5-2)23-19(16)22-17-12-8-9-13-20-17/h7-14H,4-6H2,1-3H3,(H,20,21,22,23)/b11-7+,15-10+. The van der Waals surface area contributed by atoms with E-state index in [9.17, 15) is 0 Å². The largest absolute Gasteiger partial charge is 0.324 e. The van der Waals surface area contributed by atoms with Crippen LogP contribution in [0.15, 0.2) is 42.7 Å². The van der Waals surface area contributed by atoms with E-state index in [1.807, 2.05) is 30.5 Å². The normalized spacial score (nSPS) is 11.9. The molecule has 2 heterocycles. The van der Waals surface area contributed by atoms with Gasteiger partial charge in [0.05, 0.1) is 0 Å². The average Bonchev–Trinajstić information content (AvgIpc) is 2.59. The van der Waals surface area contributed by atoms with Crippen molar-refractivity contribution in [1.29, 1.82) is 0 Å². The number of hydrogen-bond acceptors (Lipinski definition) is 4. The molecule has 1 N–H and O–H groups in total. The summed E-state index contributed by atoms with van der Waals surface area (Å²) in [6.07, 6.45) is 12.8. The van der Waals surface area contributed by atoms with Gasteiger partial charge in [-0.05, 0) is 37.0 Å². The fourth-order valence-corrected chi connectivity index (χ4v) is 2.21. The molecule has 0 aliphatic rings. The predicted molar refractivity (Wildman–Crippen MR) is 97.4 cm³/mol. The number of allylic oxidation sites excluding steroid dienone is 3. The molecule has 120 valence electrons. The summed E-state index contributed by atoms with van der Waals surface area (Å²) in [7, 11) is 0. The van der Waals surface area contributed by atoms with Gasteiger partial charge in [-0.2, -0.15) is 0 Å². The lowest BCUT2D eigenvalue weighted by Gasteiger charge is -2.11. The number of nitrogens with one attached hydrogen (secondary N) is 1. The number of nitrogens with zero attached hydrogens (tertiary/aromatic N) is 3. The fourth-order valence-electron chi connectivity index (χ4n) is 2.21. The van der Waals surface area contributed by atoms with Crippen molar-refractivity contribution in [2.75, 3.05) is 5.32 Å². The molecule has 4 heteroatoms. The Morgan fingerprint density at radius 1 is 1.13 bits per heavy atom. The molecule has 0 spiro atoms. The quantitative estimate of drug-likeness (QED) is 0.759. The van der Waals surface area contributed by atoms with Crippen LogP contribution in [-0.2, 0) is 0 Å². The lowest BCUT2D eigenvalue weighted by atomic mass is 10.1. The summed E-state index contributed by atoms with van der Waals surface area (Å²) in [6, 6.07) is 5.78. The van der Waals surface area contributed by atoms with Gasteiger partial charge < -0.3 is 5.32 Å². The Morgan fingerprint density at radius 3 is 2.65 bits per heavy atom. The van der Waals surface area contributed by atoms with Gasteiger partial charge in [0, 0.05) is 18.0 Å². The highest BCUT2D eigenvalue weighted by Gasteiger charge is 2.09. The van der Waals surface area contributed by atoms with Crippen LogP contribution in [0.4, 0.5) is 11.6 Å². The van der Waals surface area contributed by atoms with Gasteiger partial charge >= 0.3 is 0 Å². The number of rotatable bonds is 7. The zero-order chi connectivity index (χ0) is 16.5. The van der Waals surface area contributed by atoms with Gasteiger partial charge in [-0.1, -0.05) is 45.1 Å². The lowest BCUT2D eigenvalue weighted by Crippen LogP contribution is -2.03. The summed E-state index contributed by atoms with van der Waals surface area (Å²) in [5, 5.41) is 3.30. The van der Waals surface area contributed by atoms with Crippen LogP contribution in [0.2, 0.25) is 0 Å². The van der Waals surface area contributed by atoms with Crippen molar-refractivity contribution >= 4 is 23.3 Å². The number of pyridine rings is 1. The first-order chi connectivity index (χ1) is 11.3. The van der Waals surface area contributed by atoms with Gasteiger partial charge in [0.15, 0.2) is 5.82 Å². The van der Waals surface area contributed by atoms with Gasteiger partial charge in [-0.3, -0.25) is 0 Å². The molecule has 4 nitrogen and oxygen atoms in total. The fraction of sp³-hybridized carbons (Fsp3) is 0.316. The third kappa shape index (κ3) is 4.74. The van der Waals surface area contributed by atoms with Crippen LogP contribution in [0.5, 0.6) is 0 Å². The summed E-state index contributed by atoms with van der Waals surface area (Å²) < 4.78 is 0. The van der Waals surface area contributed by atoms with E-state index in [-0.39, 0.29) is 0 Å². The third-order valence-corrected chi connectivity index (χ3v) is 3.38. The van der Waals surface area contributed by atoms with E-state index in [0.717, 1.165) is 42.3 Å². The minimum Gasteiger partial charge on any atom is -0.324 e. The first-order valence-electron chi connectivity index (χ1n) is 8.19. The molecule has 0 aliphatic carbocycles. The van der Waals surface area contributed by atoms with Crippen LogP contribution in [-0.4, -0.2) is 15.0 Å². The first kappa shape index (κ1) is 16.9. The molecule has 0 saturated carbocycles. The zero-order valence-corrected chi connectivity index (χ0v) is 14.1. The van der Waals surface area contributed by atoms with Crippen LogP contribution in [0.25, 0.3) is 11.6 Å². The summed E-state index contributed by atoms with van der Waals surface area (Å²) in [5.74, 6) is 2.34.